The zero-order valence-electron chi connectivity index (χ0n) is 9.86. The van der Waals surface area contributed by atoms with Crippen LogP contribution >= 0.6 is 0 Å². The van der Waals surface area contributed by atoms with E-state index in [4.69, 9.17) is 0 Å². The molecule has 0 amide bonds. The molecule has 4 heteroatoms. The van der Waals surface area contributed by atoms with E-state index in [1.807, 2.05) is 30.8 Å². The Morgan fingerprint density at radius 3 is 2.75 bits per heavy atom. The third-order valence-electron chi connectivity index (χ3n) is 2.45. The molecule has 2 heterocycles. The van der Waals surface area contributed by atoms with Crippen LogP contribution < -0.4 is 5.32 Å². The summed E-state index contributed by atoms with van der Waals surface area (Å²) in [5.41, 5.74) is 2.25. The van der Waals surface area contributed by atoms with Crippen molar-refractivity contribution in [3.63, 3.8) is 0 Å². The molecule has 2 aromatic heterocycles. The fourth-order valence-electron chi connectivity index (χ4n) is 1.67. The fourth-order valence-corrected chi connectivity index (χ4v) is 1.67. The summed E-state index contributed by atoms with van der Waals surface area (Å²) < 4.78 is 2.00. The summed E-state index contributed by atoms with van der Waals surface area (Å²) in [5.74, 6) is 1.90. The van der Waals surface area contributed by atoms with Crippen LogP contribution in [-0.4, -0.2) is 14.5 Å². The molecule has 0 saturated heterocycles. The summed E-state index contributed by atoms with van der Waals surface area (Å²) in [6, 6.07) is 4.10. The first-order valence-electron chi connectivity index (χ1n) is 5.30. The summed E-state index contributed by atoms with van der Waals surface area (Å²) in [4.78, 5) is 8.66. The maximum Gasteiger partial charge on any atom is 0.127 e. The molecule has 0 aliphatic heterocycles. The second-order valence-electron chi connectivity index (χ2n) is 3.98. The van der Waals surface area contributed by atoms with Crippen LogP contribution in [0.3, 0.4) is 0 Å². The van der Waals surface area contributed by atoms with E-state index in [9.17, 15) is 0 Å². The Labute approximate surface area is 95.4 Å². The molecule has 0 fully saturated rings. The number of anilines is 1. The van der Waals surface area contributed by atoms with E-state index in [2.05, 4.69) is 28.3 Å². The normalized spacial score (nSPS) is 10.4. The van der Waals surface area contributed by atoms with Crippen molar-refractivity contribution in [1.82, 2.24) is 14.5 Å². The van der Waals surface area contributed by atoms with Gasteiger partial charge < -0.3 is 9.88 Å². The number of pyridine rings is 1. The average Bonchev–Trinajstić information content (AvgIpc) is 2.59. The molecular weight excluding hydrogens is 200 g/mol. The second kappa shape index (κ2) is 4.35. The standard InChI is InChI=1S/C12H16N4/c1-9-6-10(2)15-11(7-9)14-8-12-13-4-5-16(12)3/h4-7H,8H2,1-3H3,(H,14,15). The molecule has 0 spiro atoms. The predicted molar refractivity (Wildman–Crippen MR) is 64.2 cm³/mol. The van der Waals surface area contributed by atoms with E-state index >= 15 is 0 Å². The summed E-state index contributed by atoms with van der Waals surface area (Å²) in [5, 5.41) is 3.28. The predicted octanol–water partition coefficient (Wildman–Crippen LogP) is 2.04. The van der Waals surface area contributed by atoms with Crippen molar-refractivity contribution in [2.45, 2.75) is 20.4 Å². The van der Waals surface area contributed by atoms with Gasteiger partial charge in [0.05, 0.1) is 6.54 Å². The lowest BCUT2D eigenvalue weighted by Gasteiger charge is -2.07. The van der Waals surface area contributed by atoms with Gasteiger partial charge in [-0.3, -0.25) is 0 Å². The summed E-state index contributed by atoms with van der Waals surface area (Å²) in [6.45, 7) is 4.76. The topological polar surface area (TPSA) is 42.7 Å². The van der Waals surface area contributed by atoms with Crippen molar-refractivity contribution < 1.29 is 0 Å². The van der Waals surface area contributed by atoms with Crippen molar-refractivity contribution in [2.75, 3.05) is 5.32 Å². The van der Waals surface area contributed by atoms with Gasteiger partial charge in [0, 0.05) is 25.1 Å². The van der Waals surface area contributed by atoms with Crippen molar-refractivity contribution in [2.24, 2.45) is 7.05 Å². The highest BCUT2D eigenvalue weighted by molar-refractivity contribution is 5.39. The largest absolute Gasteiger partial charge is 0.363 e. The molecule has 0 aliphatic carbocycles. The molecule has 0 unspecified atom stereocenters. The Balaban J connectivity index is 2.07. The first-order valence-corrected chi connectivity index (χ1v) is 5.30. The van der Waals surface area contributed by atoms with Gasteiger partial charge in [0.2, 0.25) is 0 Å². The quantitative estimate of drug-likeness (QED) is 0.853. The molecule has 0 aromatic carbocycles. The smallest absolute Gasteiger partial charge is 0.127 e. The Hall–Kier alpha value is -1.84. The Morgan fingerprint density at radius 1 is 1.31 bits per heavy atom. The highest BCUT2D eigenvalue weighted by atomic mass is 15.1. The van der Waals surface area contributed by atoms with Gasteiger partial charge in [-0.2, -0.15) is 0 Å². The molecule has 0 bridgehead atoms. The van der Waals surface area contributed by atoms with Crippen LogP contribution in [-0.2, 0) is 13.6 Å². The number of aromatic nitrogens is 3. The molecule has 2 aromatic rings. The van der Waals surface area contributed by atoms with Gasteiger partial charge in [-0.15, -0.1) is 0 Å². The maximum absolute atomic E-state index is 4.41. The van der Waals surface area contributed by atoms with Crippen LogP contribution in [0.5, 0.6) is 0 Å². The molecular formula is C12H16N4. The Morgan fingerprint density at radius 2 is 2.12 bits per heavy atom. The molecule has 0 radical (unpaired) electrons. The molecule has 16 heavy (non-hydrogen) atoms. The number of imidazole rings is 1. The lowest BCUT2D eigenvalue weighted by atomic mass is 10.2. The zero-order chi connectivity index (χ0) is 11.5. The lowest BCUT2D eigenvalue weighted by molar-refractivity contribution is 0.810. The van der Waals surface area contributed by atoms with Crippen LogP contribution in [0.4, 0.5) is 5.82 Å². The van der Waals surface area contributed by atoms with Crippen LogP contribution in [0.1, 0.15) is 17.1 Å². The molecule has 1 N–H and O–H groups in total. The number of hydrogen-bond donors (Lipinski definition) is 1. The van der Waals surface area contributed by atoms with Crippen LogP contribution in [0.25, 0.3) is 0 Å². The van der Waals surface area contributed by atoms with E-state index in [1.54, 1.807) is 6.20 Å². The number of nitrogens with zero attached hydrogens (tertiary/aromatic N) is 3. The third-order valence-corrected chi connectivity index (χ3v) is 2.45. The van der Waals surface area contributed by atoms with E-state index < -0.39 is 0 Å². The summed E-state index contributed by atoms with van der Waals surface area (Å²) in [7, 11) is 1.99. The molecule has 0 aliphatic rings. The first kappa shape index (κ1) is 10.7. The van der Waals surface area contributed by atoms with Gasteiger partial charge in [-0.1, -0.05) is 0 Å². The Kier molecular flexibility index (Phi) is 2.90. The maximum atomic E-state index is 4.41. The van der Waals surface area contributed by atoms with Crippen molar-refractivity contribution in [1.29, 1.82) is 0 Å². The number of hydrogen-bond acceptors (Lipinski definition) is 3. The van der Waals surface area contributed by atoms with Gasteiger partial charge >= 0.3 is 0 Å². The minimum absolute atomic E-state index is 0.694. The van der Waals surface area contributed by atoms with Gasteiger partial charge in [0.25, 0.3) is 0 Å². The second-order valence-corrected chi connectivity index (χ2v) is 3.98. The van der Waals surface area contributed by atoms with Crippen LogP contribution in [0.15, 0.2) is 24.5 Å². The average molecular weight is 216 g/mol. The van der Waals surface area contributed by atoms with Gasteiger partial charge in [-0.05, 0) is 31.5 Å². The van der Waals surface area contributed by atoms with Crippen molar-refractivity contribution >= 4 is 5.82 Å². The van der Waals surface area contributed by atoms with Crippen LogP contribution in [0.2, 0.25) is 0 Å². The van der Waals surface area contributed by atoms with Gasteiger partial charge in [0.15, 0.2) is 0 Å². The highest BCUT2D eigenvalue weighted by Crippen LogP contribution is 2.09. The summed E-state index contributed by atoms with van der Waals surface area (Å²) >= 11 is 0. The van der Waals surface area contributed by atoms with E-state index in [-0.39, 0.29) is 0 Å². The molecule has 2 rings (SSSR count). The SMILES string of the molecule is Cc1cc(C)nc(NCc2nccn2C)c1. The van der Waals surface area contributed by atoms with Gasteiger partial charge in [-0.25, -0.2) is 9.97 Å². The molecule has 0 saturated carbocycles. The molecule has 4 nitrogen and oxygen atoms in total. The minimum atomic E-state index is 0.694. The van der Waals surface area contributed by atoms with Crippen molar-refractivity contribution in [3.05, 3.63) is 41.6 Å². The monoisotopic (exact) mass is 216 g/mol. The highest BCUT2D eigenvalue weighted by Gasteiger charge is 2.00. The summed E-state index contributed by atoms with van der Waals surface area (Å²) in [6.07, 6.45) is 3.73. The minimum Gasteiger partial charge on any atom is -0.363 e. The van der Waals surface area contributed by atoms with E-state index in [0.717, 1.165) is 17.3 Å². The number of nitrogens with one attached hydrogen (secondary N) is 1. The zero-order valence-corrected chi connectivity index (χ0v) is 9.86. The first-order chi connectivity index (χ1) is 7.65. The van der Waals surface area contributed by atoms with E-state index in [1.165, 1.54) is 5.56 Å². The van der Waals surface area contributed by atoms with E-state index in [0.29, 0.717) is 6.54 Å². The lowest BCUT2D eigenvalue weighted by Crippen LogP contribution is -2.07. The number of rotatable bonds is 3. The molecule has 84 valence electrons. The Bertz CT molecular complexity index is 467. The fraction of sp³-hybridized carbons (Fsp3) is 0.333. The number of aryl methyl sites for hydroxylation is 3. The third kappa shape index (κ3) is 2.39. The molecule has 0 atom stereocenters. The van der Waals surface area contributed by atoms with Crippen molar-refractivity contribution in [3.8, 4) is 0 Å². The van der Waals surface area contributed by atoms with Crippen LogP contribution in [0, 0.1) is 13.8 Å². The van der Waals surface area contributed by atoms with Gasteiger partial charge in [0.1, 0.15) is 11.6 Å².